The molecule has 0 aromatic heterocycles. The fraction of sp³-hybridized carbons (Fsp3) is 0.417. The molecule has 4 heteroatoms. The number of ether oxygens (including phenoxy) is 1. The van der Waals surface area contributed by atoms with Crippen molar-refractivity contribution in [3.8, 4) is 5.75 Å². The molecule has 1 aromatic rings. The smallest absolute Gasteiger partial charge is 0.284 e. The molecule has 1 amide bonds. The number of carbonyl (C=O) groups is 1. The molecule has 0 aliphatic heterocycles. The number of benzene rings is 1. The molecule has 3 nitrogen and oxygen atoms in total. The summed E-state index contributed by atoms with van der Waals surface area (Å²) < 4.78 is 5.64. The predicted octanol–water partition coefficient (Wildman–Crippen LogP) is 3.02. The molecule has 0 aliphatic carbocycles. The van der Waals surface area contributed by atoms with Crippen LogP contribution in [0.15, 0.2) is 24.3 Å². The second-order valence-corrected chi connectivity index (χ2v) is 4.57. The van der Waals surface area contributed by atoms with Crippen LogP contribution in [0, 0.1) is 6.07 Å². The molecular weight excluding hydrogens is 222 g/mol. The summed E-state index contributed by atoms with van der Waals surface area (Å²) in [4.78, 5) is 13.0. The lowest BCUT2D eigenvalue weighted by molar-refractivity contribution is 0.238. The summed E-state index contributed by atoms with van der Waals surface area (Å²) in [7, 11) is 3.47. The number of rotatable bonds is 4. The van der Waals surface area contributed by atoms with Crippen LogP contribution >= 0.6 is 11.8 Å². The first-order valence-corrected chi connectivity index (χ1v) is 6.02. The molecule has 1 radical (unpaired) electrons. The van der Waals surface area contributed by atoms with Crippen LogP contribution in [0.1, 0.15) is 13.3 Å². The lowest BCUT2D eigenvalue weighted by atomic mass is 10.3. The Balaban J connectivity index is 2.53. The molecule has 0 bridgehead atoms. The second-order valence-electron chi connectivity index (χ2n) is 3.46. The topological polar surface area (TPSA) is 29.5 Å². The van der Waals surface area contributed by atoms with Crippen LogP contribution in [0.25, 0.3) is 0 Å². The zero-order chi connectivity index (χ0) is 12.0. The van der Waals surface area contributed by atoms with Crippen molar-refractivity contribution in [3.63, 3.8) is 0 Å². The Kier molecular flexibility index (Phi) is 5.19. The normalized spacial score (nSPS) is 11.9. The minimum atomic E-state index is -0.159. The highest BCUT2D eigenvalue weighted by Gasteiger charge is 2.15. The number of hydrogen-bond donors (Lipinski definition) is 0. The Morgan fingerprint density at radius 1 is 1.56 bits per heavy atom. The van der Waals surface area contributed by atoms with Crippen LogP contribution in [0.3, 0.4) is 0 Å². The van der Waals surface area contributed by atoms with Crippen LogP contribution in [-0.4, -0.2) is 29.7 Å². The Labute approximate surface area is 101 Å². The molecule has 0 spiro atoms. The van der Waals surface area contributed by atoms with E-state index in [2.05, 4.69) is 6.07 Å². The Morgan fingerprint density at radius 2 is 2.31 bits per heavy atom. The molecule has 1 atom stereocenters. The van der Waals surface area contributed by atoms with Crippen molar-refractivity contribution in [2.24, 2.45) is 0 Å². The fourth-order valence-corrected chi connectivity index (χ4v) is 1.75. The second kappa shape index (κ2) is 6.43. The standard InChI is InChI=1S/C12H16NO2S/c1-4-11(16-12(14)13(2)3)15-10-8-6-5-7-9-10/h5-8,11H,4H2,1-3H3. The zero-order valence-corrected chi connectivity index (χ0v) is 10.6. The third-order valence-corrected chi connectivity index (χ3v) is 3.13. The minimum Gasteiger partial charge on any atom is -0.479 e. The Bertz CT molecular complexity index is 327. The molecule has 1 rings (SSSR count). The van der Waals surface area contributed by atoms with Gasteiger partial charge in [-0.05, 0) is 24.2 Å². The van der Waals surface area contributed by atoms with Crippen molar-refractivity contribution < 1.29 is 9.53 Å². The molecule has 0 N–H and O–H groups in total. The van der Waals surface area contributed by atoms with E-state index in [1.165, 1.54) is 11.8 Å². The van der Waals surface area contributed by atoms with Gasteiger partial charge in [0.1, 0.15) is 5.75 Å². The maximum atomic E-state index is 11.5. The van der Waals surface area contributed by atoms with E-state index in [9.17, 15) is 4.79 Å². The van der Waals surface area contributed by atoms with Gasteiger partial charge in [0.05, 0.1) is 0 Å². The molecule has 0 heterocycles. The number of nitrogens with zero attached hydrogens (tertiary/aromatic N) is 1. The van der Waals surface area contributed by atoms with E-state index in [0.717, 1.165) is 6.42 Å². The van der Waals surface area contributed by atoms with Gasteiger partial charge >= 0.3 is 0 Å². The summed E-state index contributed by atoms with van der Waals surface area (Å²) in [6.07, 6.45) is 0.771. The fourth-order valence-electron chi connectivity index (χ4n) is 1.00. The van der Waals surface area contributed by atoms with Crippen LogP contribution in [0.2, 0.25) is 0 Å². The van der Waals surface area contributed by atoms with Crippen molar-refractivity contribution in [1.82, 2.24) is 4.90 Å². The van der Waals surface area contributed by atoms with E-state index < -0.39 is 0 Å². The van der Waals surface area contributed by atoms with Gasteiger partial charge in [-0.2, -0.15) is 0 Å². The summed E-state index contributed by atoms with van der Waals surface area (Å²) in [6.45, 7) is 1.99. The molecule has 16 heavy (non-hydrogen) atoms. The van der Waals surface area contributed by atoms with Crippen molar-refractivity contribution in [1.29, 1.82) is 0 Å². The Morgan fingerprint density at radius 3 is 2.81 bits per heavy atom. The highest BCUT2D eigenvalue weighted by atomic mass is 32.2. The lowest BCUT2D eigenvalue weighted by Crippen LogP contribution is -2.22. The van der Waals surface area contributed by atoms with Gasteiger partial charge < -0.3 is 9.64 Å². The summed E-state index contributed by atoms with van der Waals surface area (Å²) >= 11 is 1.19. The van der Waals surface area contributed by atoms with Gasteiger partial charge in [0, 0.05) is 20.2 Å². The first-order chi connectivity index (χ1) is 7.63. The quantitative estimate of drug-likeness (QED) is 0.755. The molecule has 87 valence electrons. The van der Waals surface area contributed by atoms with E-state index in [-0.39, 0.29) is 10.7 Å². The van der Waals surface area contributed by atoms with Crippen molar-refractivity contribution in [2.45, 2.75) is 18.8 Å². The predicted molar refractivity (Wildman–Crippen MR) is 66.7 cm³/mol. The van der Waals surface area contributed by atoms with E-state index in [1.807, 2.05) is 25.1 Å². The van der Waals surface area contributed by atoms with E-state index in [0.29, 0.717) is 5.75 Å². The van der Waals surface area contributed by atoms with E-state index in [1.54, 1.807) is 25.1 Å². The number of amides is 1. The summed E-state index contributed by atoms with van der Waals surface area (Å²) in [6, 6.07) is 10.4. The van der Waals surface area contributed by atoms with Gasteiger partial charge in [-0.1, -0.05) is 25.1 Å². The molecule has 1 aromatic carbocycles. The van der Waals surface area contributed by atoms with Crippen LogP contribution in [-0.2, 0) is 0 Å². The lowest BCUT2D eigenvalue weighted by Gasteiger charge is -2.18. The highest BCUT2D eigenvalue weighted by Crippen LogP contribution is 2.21. The summed E-state index contributed by atoms with van der Waals surface area (Å²) in [5.74, 6) is 0.674. The number of thioether (sulfide) groups is 1. The maximum Gasteiger partial charge on any atom is 0.284 e. The van der Waals surface area contributed by atoms with E-state index >= 15 is 0 Å². The van der Waals surface area contributed by atoms with Crippen molar-refractivity contribution >= 4 is 17.0 Å². The van der Waals surface area contributed by atoms with Crippen LogP contribution in [0.5, 0.6) is 5.75 Å². The van der Waals surface area contributed by atoms with Crippen molar-refractivity contribution in [2.75, 3.05) is 14.1 Å². The SMILES string of the molecule is CCC(Oc1[c]cccc1)SC(=O)N(C)C. The Hall–Kier alpha value is -1.16. The molecular formula is C12H16NO2S. The number of hydrogen-bond acceptors (Lipinski definition) is 3. The van der Waals surface area contributed by atoms with Gasteiger partial charge in [-0.25, -0.2) is 0 Å². The molecule has 1 unspecified atom stereocenters. The van der Waals surface area contributed by atoms with Gasteiger partial charge in [-0.15, -0.1) is 0 Å². The number of para-hydroxylation sites is 1. The third-order valence-electron chi connectivity index (χ3n) is 1.87. The largest absolute Gasteiger partial charge is 0.479 e. The first kappa shape index (κ1) is 12.9. The maximum absolute atomic E-state index is 11.5. The summed E-state index contributed by atoms with van der Waals surface area (Å²) in [5, 5.41) is 0.00258. The average molecular weight is 238 g/mol. The van der Waals surface area contributed by atoms with Gasteiger partial charge in [0.15, 0.2) is 5.44 Å². The molecule has 0 saturated heterocycles. The monoisotopic (exact) mass is 238 g/mol. The van der Waals surface area contributed by atoms with Crippen LogP contribution < -0.4 is 4.74 Å². The average Bonchev–Trinajstić information content (AvgIpc) is 2.29. The van der Waals surface area contributed by atoms with Gasteiger partial charge in [0.2, 0.25) is 0 Å². The van der Waals surface area contributed by atoms with E-state index in [4.69, 9.17) is 4.74 Å². The van der Waals surface area contributed by atoms with Gasteiger partial charge in [0.25, 0.3) is 5.24 Å². The zero-order valence-electron chi connectivity index (χ0n) is 9.77. The highest BCUT2D eigenvalue weighted by molar-refractivity contribution is 8.13. The molecule has 0 aliphatic rings. The molecule has 0 fully saturated rings. The van der Waals surface area contributed by atoms with Crippen LogP contribution in [0.4, 0.5) is 4.79 Å². The number of carbonyl (C=O) groups excluding carboxylic acids is 1. The minimum absolute atomic E-state index is 0.00258. The molecule has 0 saturated carbocycles. The first-order valence-electron chi connectivity index (χ1n) is 5.14. The third kappa shape index (κ3) is 4.14. The van der Waals surface area contributed by atoms with Crippen molar-refractivity contribution in [3.05, 3.63) is 30.3 Å². The van der Waals surface area contributed by atoms with Gasteiger partial charge in [-0.3, -0.25) is 4.79 Å². The summed E-state index contributed by atoms with van der Waals surface area (Å²) in [5.41, 5.74) is -0.159.